The monoisotopic (exact) mass is 381 g/mol. The lowest BCUT2D eigenvalue weighted by Crippen LogP contribution is -2.18. The van der Waals surface area contributed by atoms with Gasteiger partial charge in [0.1, 0.15) is 0 Å². The van der Waals surface area contributed by atoms with Crippen LogP contribution in [-0.4, -0.2) is 6.54 Å². The van der Waals surface area contributed by atoms with Gasteiger partial charge in [-0.3, -0.25) is 0 Å². The quantitative estimate of drug-likeness (QED) is 0.603. The number of anilines is 2. The van der Waals surface area contributed by atoms with Gasteiger partial charge in [0.15, 0.2) is 0 Å². The second-order valence-electron chi connectivity index (χ2n) is 4.44. The lowest BCUT2D eigenvalue weighted by atomic mass is 10.1. The summed E-state index contributed by atoms with van der Waals surface area (Å²) in [6.45, 7) is 5.30. The Bertz CT molecular complexity index is 566. The van der Waals surface area contributed by atoms with Gasteiger partial charge in [-0.05, 0) is 49.2 Å². The molecule has 0 amide bonds. The molecule has 0 aromatic heterocycles. The summed E-state index contributed by atoms with van der Waals surface area (Å²) < 4.78 is 1.12. The topological polar surface area (TPSA) is 3.24 Å². The van der Waals surface area contributed by atoms with Crippen molar-refractivity contribution in [2.24, 2.45) is 0 Å². The Morgan fingerprint density at radius 2 is 1.79 bits per heavy atom. The molecule has 0 unspecified atom stereocenters. The second kappa shape index (κ2) is 6.58. The van der Waals surface area contributed by atoms with Crippen molar-refractivity contribution in [3.8, 4) is 0 Å². The van der Waals surface area contributed by atoms with Gasteiger partial charge in [0.2, 0.25) is 0 Å². The number of halogens is 2. The molecule has 3 heteroatoms. The van der Waals surface area contributed by atoms with Gasteiger partial charge in [-0.1, -0.05) is 50.1 Å². The molecule has 2 aromatic carbocycles. The average Bonchev–Trinajstić information content (AvgIpc) is 2.43. The first kappa shape index (κ1) is 14.6. The molecule has 0 saturated carbocycles. The maximum Gasteiger partial charge on any atom is 0.0452 e. The lowest BCUT2D eigenvalue weighted by molar-refractivity contribution is 1.01. The van der Waals surface area contributed by atoms with Crippen molar-refractivity contribution in [3.05, 3.63) is 58.1 Å². The highest BCUT2D eigenvalue weighted by atomic mass is 79.9. The lowest BCUT2D eigenvalue weighted by Gasteiger charge is -2.27. The molecule has 0 saturated heterocycles. The smallest absolute Gasteiger partial charge is 0.0452 e. The predicted octanol–water partition coefficient (Wildman–Crippen LogP) is 5.81. The number of nitrogens with zero attached hydrogens (tertiary/aromatic N) is 1. The number of benzene rings is 2. The number of hydrogen-bond acceptors (Lipinski definition) is 1. The van der Waals surface area contributed by atoms with Gasteiger partial charge >= 0.3 is 0 Å². The number of alkyl halides is 1. The van der Waals surface area contributed by atoms with Crippen LogP contribution in [-0.2, 0) is 5.33 Å². The van der Waals surface area contributed by atoms with Crippen LogP contribution in [0.5, 0.6) is 0 Å². The second-order valence-corrected chi connectivity index (χ2v) is 5.91. The first-order chi connectivity index (χ1) is 9.17. The van der Waals surface area contributed by atoms with E-state index in [9.17, 15) is 0 Å². The Morgan fingerprint density at radius 3 is 2.42 bits per heavy atom. The van der Waals surface area contributed by atoms with Crippen LogP contribution in [0.25, 0.3) is 0 Å². The number of hydrogen-bond donors (Lipinski definition) is 0. The molecule has 1 nitrogen and oxygen atoms in total. The minimum atomic E-state index is 0.851. The summed E-state index contributed by atoms with van der Waals surface area (Å²) in [6, 6.07) is 15.0. The molecule has 0 fully saturated rings. The number of para-hydroxylation sites is 1. The predicted molar refractivity (Wildman–Crippen MR) is 90.6 cm³/mol. The van der Waals surface area contributed by atoms with E-state index in [2.05, 4.69) is 93.1 Å². The van der Waals surface area contributed by atoms with Crippen molar-refractivity contribution in [1.29, 1.82) is 0 Å². The summed E-state index contributed by atoms with van der Waals surface area (Å²) >= 11 is 7.12. The number of rotatable bonds is 4. The van der Waals surface area contributed by atoms with Gasteiger partial charge in [-0.2, -0.15) is 0 Å². The van der Waals surface area contributed by atoms with Crippen LogP contribution in [0, 0.1) is 6.92 Å². The fourth-order valence-electron chi connectivity index (χ4n) is 2.26. The molecule has 0 bridgehead atoms. The van der Waals surface area contributed by atoms with Crippen LogP contribution in [0.1, 0.15) is 18.1 Å². The normalized spacial score (nSPS) is 10.5. The maximum atomic E-state index is 3.58. The van der Waals surface area contributed by atoms with Crippen LogP contribution in [0.3, 0.4) is 0 Å². The first-order valence-corrected chi connectivity index (χ1v) is 8.26. The zero-order valence-electron chi connectivity index (χ0n) is 11.2. The Hall–Kier alpha value is -0.800. The van der Waals surface area contributed by atoms with E-state index in [4.69, 9.17) is 0 Å². The minimum Gasteiger partial charge on any atom is -0.341 e. The Morgan fingerprint density at radius 1 is 1.05 bits per heavy atom. The Labute approximate surface area is 131 Å². The van der Waals surface area contributed by atoms with Crippen LogP contribution in [0.15, 0.2) is 46.9 Å². The van der Waals surface area contributed by atoms with E-state index < -0.39 is 0 Å². The zero-order chi connectivity index (χ0) is 13.8. The highest BCUT2D eigenvalue weighted by Gasteiger charge is 2.13. The maximum absolute atomic E-state index is 3.58. The van der Waals surface area contributed by atoms with E-state index in [-0.39, 0.29) is 0 Å². The van der Waals surface area contributed by atoms with Crippen molar-refractivity contribution in [1.82, 2.24) is 0 Å². The zero-order valence-corrected chi connectivity index (χ0v) is 14.3. The SMILES string of the molecule is CCN(c1ccccc1C)c1ccc(Br)cc1CBr. The van der Waals surface area contributed by atoms with Gasteiger partial charge in [0, 0.05) is 27.7 Å². The van der Waals surface area contributed by atoms with E-state index in [1.807, 2.05) is 0 Å². The van der Waals surface area contributed by atoms with Gasteiger partial charge in [0.05, 0.1) is 0 Å². The summed E-state index contributed by atoms with van der Waals surface area (Å²) in [5.41, 5.74) is 5.12. The minimum absolute atomic E-state index is 0.851. The highest BCUT2D eigenvalue weighted by molar-refractivity contribution is 9.10. The third-order valence-electron chi connectivity index (χ3n) is 3.20. The van der Waals surface area contributed by atoms with E-state index >= 15 is 0 Å². The molecule has 0 aliphatic heterocycles. The summed E-state index contributed by atoms with van der Waals surface area (Å²) in [5.74, 6) is 0. The van der Waals surface area contributed by atoms with Gasteiger partial charge in [-0.15, -0.1) is 0 Å². The van der Waals surface area contributed by atoms with Gasteiger partial charge in [-0.25, -0.2) is 0 Å². The van der Waals surface area contributed by atoms with Gasteiger partial charge < -0.3 is 4.90 Å². The molecule has 19 heavy (non-hydrogen) atoms. The van der Waals surface area contributed by atoms with Gasteiger partial charge in [0.25, 0.3) is 0 Å². The van der Waals surface area contributed by atoms with Crippen LogP contribution in [0.4, 0.5) is 11.4 Å². The van der Waals surface area contributed by atoms with E-state index in [0.717, 1.165) is 16.3 Å². The molecule has 0 aliphatic rings. The standard InChI is InChI=1S/C16H17Br2N/c1-3-19(15-7-5-4-6-12(15)2)16-9-8-14(18)10-13(16)11-17/h4-10H,3,11H2,1-2H3. The van der Waals surface area contributed by atoms with Crippen molar-refractivity contribution >= 4 is 43.2 Å². The number of aryl methyl sites for hydroxylation is 1. The molecule has 0 atom stereocenters. The fraction of sp³-hybridized carbons (Fsp3) is 0.250. The molecular formula is C16H17Br2N. The molecule has 0 N–H and O–H groups in total. The summed E-state index contributed by atoms with van der Waals surface area (Å²) in [5, 5.41) is 0.851. The molecule has 0 aliphatic carbocycles. The van der Waals surface area contributed by atoms with Crippen LogP contribution >= 0.6 is 31.9 Å². The van der Waals surface area contributed by atoms with Crippen LogP contribution in [0.2, 0.25) is 0 Å². The van der Waals surface area contributed by atoms with Crippen molar-refractivity contribution in [2.75, 3.05) is 11.4 Å². The molecular weight excluding hydrogens is 366 g/mol. The van der Waals surface area contributed by atoms with Crippen LogP contribution < -0.4 is 4.90 Å². The third kappa shape index (κ3) is 3.21. The summed E-state index contributed by atoms with van der Waals surface area (Å²) in [4.78, 5) is 2.36. The Balaban J connectivity index is 2.51. The summed E-state index contributed by atoms with van der Waals surface area (Å²) in [7, 11) is 0. The van der Waals surface area contributed by atoms with Crippen molar-refractivity contribution < 1.29 is 0 Å². The van der Waals surface area contributed by atoms with E-state index in [0.29, 0.717) is 0 Å². The van der Waals surface area contributed by atoms with Crippen molar-refractivity contribution in [2.45, 2.75) is 19.2 Å². The largest absolute Gasteiger partial charge is 0.341 e. The highest BCUT2D eigenvalue weighted by Crippen LogP contribution is 2.33. The molecule has 100 valence electrons. The molecule has 0 heterocycles. The van der Waals surface area contributed by atoms with E-state index in [1.165, 1.54) is 22.5 Å². The third-order valence-corrected chi connectivity index (χ3v) is 4.30. The molecule has 0 spiro atoms. The molecule has 2 aromatic rings. The first-order valence-electron chi connectivity index (χ1n) is 6.35. The van der Waals surface area contributed by atoms with E-state index in [1.54, 1.807) is 0 Å². The Kier molecular flexibility index (Phi) is 5.06. The average molecular weight is 383 g/mol. The molecule has 0 radical (unpaired) electrons. The fourth-order valence-corrected chi connectivity index (χ4v) is 3.12. The van der Waals surface area contributed by atoms with Crippen molar-refractivity contribution in [3.63, 3.8) is 0 Å². The summed E-state index contributed by atoms with van der Waals surface area (Å²) in [6.07, 6.45) is 0. The molecule has 2 rings (SSSR count).